The van der Waals surface area contributed by atoms with Crippen molar-refractivity contribution in [2.24, 2.45) is 5.92 Å². The van der Waals surface area contributed by atoms with E-state index in [1.165, 1.54) is 6.08 Å². The summed E-state index contributed by atoms with van der Waals surface area (Å²) in [4.78, 5) is 11.2. The van der Waals surface area contributed by atoms with Crippen LogP contribution in [0.25, 0.3) is 0 Å². The van der Waals surface area contributed by atoms with Crippen molar-refractivity contribution in [3.05, 3.63) is 24.0 Å². The minimum absolute atomic E-state index is 0.352. The average molecular weight is 210 g/mol. The molecule has 1 aliphatic rings. The van der Waals surface area contributed by atoms with Crippen LogP contribution in [0.15, 0.2) is 24.0 Å². The molecule has 0 amide bonds. The van der Waals surface area contributed by atoms with Crippen LogP contribution in [-0.4, -0.2) is 11.8 Å². The molecule has 0 saturated heterocycles. The summed E-state index contributed by atoms with van der Waals surface area (Å²) >= 11 is 0. The first-order valence-electron chi connectivity index (χ1n) is 5.25. The molecule has 0 N–H and O–H groups in total. The lowest BCUT2D eigenvalue weighted by molar-refractivity contribution is -0.203. The Balaban J connectivity index is 2.70. The predicted octanol–water partition coefficient (Wildman–Crippen LogP) is 2.78. The number of cyclic esters (lactones) is 1. The first-order valence-corrected chi connectivity index (χ1v) is 5.25. The maximum Gasteiger partial charge on any atom is 0.337 e. The highest BCUT2D eigenvalue weighted by molar-refractivity contribution is 5.83. The first kappa shape index (κ1) is 11.8. The molecule has 0 spiro atoms. The lowest BCUT2D eigenvalue weighted by Crippen LogP contribution is -2.33. The molecule has 3 nitrogen and oxygen atoms in total. The van der Waals surface area contributed by atoms with Crippen LogP contribution in [-0.2, 0) is 14.3 Å². The Bertz CT molecular complexity index is 300. The molecule has 15 heavy (non-hydrogen) atoms. The van der Waals surface area contributed by atoms with E-state index in [1.807, 2.05) is 12.2 Å². The van der Waals surface area contributed by atoms with Crippen LogP contribution in [0.1, 0.15) is 34.1 Å². The van der Waals surface area contributed by atoms with E-state index in [0.29, 0.717) is 11.7 Å². The Morgan fingerprint density at radius 1 is 1.47 bits per heavy atom. The molecular weight excluding hydrogens is 192 g/mol. The third-order valence-electron chi connectivity index (χ3n) is 2.20. The average Bonchev–Trinajstić information content (AvgIpc) is 2.11. The first-order chi connectivity index (χ1) is 6.93. The van der Waals surface area contributed by atoms with Crippen molar-refractivity contribution in [1.29, 1.82) is 0 Å². The Morgan fingerprint density at radius 3 is 2.67 bits per heavy atom. The zero-order valence-corrected chi connectivity index (χ0v) is 9.74. The van der Waals surface area contributed by atoms with Crippen molar-refractivity contribution in [2.75, 3.05) is 0 Å². The van der Waals surface area contributed by atoms with Crippen LogP contribution in [0.2, 0.25) is 0 Å². The summed E-state index contributed by atoms with van der Waals surface area (Å²) in [5.74, 6) is -0.164. The molecule has 84 valence electrons. The smallest absolute Gasteiger partial charge is 0.337 e. The van der Waals surface area contributed by atoms with Crippen molar-refractivity contribution in [1.82, 2.24) is 0 Å². The number of hydrogen-bond donors (Lipinski definition) is 0. The second kappa shape index (κ2) is 4.51. The van der Waals surface area contributed by atoms with Gasteiger partial charge in [0.05, 0.1) is 6.08 Å². The van der Waals surface area contributed by atoms with Crippen molar-refractivity contribution in [3.8, 4) is 0 Å². The van der Waals surface area contributed by atoms with E-state index in [9.17, 15) is 4.79 Å². The number of esters is 1. The van der Waals surface area contributed by atoms with Crippen LogP contribution in [0, 0.1) is 5.92 Å². The molecule has 0 fully saturated rings. The normalized spacial score (nSPS) is 21.9. The molecule has 0 bridgehead atoms. The molecule has 0 aromatic carbocycles. The maximum absolute atomic E-state index is 11.2. The molecule has 1 atom stereocenters. The van der Waals surface area contributed by atoms with E-state index in [4.69, 9.17) is 9.47 Å². The fourth-order valence-corrected chi connectivity index (χ4v) is 1.20. The molecule has 0 aliphatic carbocycles. The molecule has 0 aromatic heterocycles. The summed E-state index contributed by atoms with van der Waals surface area (Å²) in [5.41, 5.74) is 0. The third-order valence-corrected chi connectivity index (χ3v) is 2.20. The van der Waals surface area contributed by atoms with Crippen LogP contribution in [0.5, 0.6) is 0 Å². The van der Waals surface area contributed by atoms with E-state index in [2.05, 4.69) is 13.8 Å². The molecule has 0 radical (unpaired) electrons. The quantitative estimate of drug-likeness (QED) is 0.672. The van der Waals surface area contributed by atoms with E-state index < -0.39 is 5.79 Å². The molecule has 0 saturated carbocycles. The van der Waals surface area contributed by atoms with Crippen LogP contribution < -0.4 is 0 Å². The van der Waals surface area contributed by atoms with Gasteiger partial charge in [0.25, 0.3) is 0 Å². The minimum atomic E-state index is -0.860. The van der Waals surface area contributed by atoms with Crippen molar-refractivity contribution >= 4 is 5.97 Å². The molecular formula is C12H18O3. The lowest BCUT2D eigenvalue weighted by atomic mass is 10.1. The van der Waals surface area contributed by atoms with E-state index in [-0.39, 0.29) is 5.97 Å². The lowest BCUT2D eigenvalue weighted by Gasteiger charge is -2.29. The van der Waals surface area contributed by atoms with Crippen molar-refractivity contribution < 1.29 is 14.3 Å². The summed E-state index contributed by atoms with van der Waals surface area (Å²) in [5, 5.41) is 0. The predicted molar refractivity (Wildman–Crippen MR) is 57.9 cm³/mol. The molecule has 1 rings (SSSR count). The summed E-state index contributed by atoms with van der Waals surface area (Å²) < 4.78 is 10.4. The standard InChI is InChI=1S/C12H18O3/c1-5-9(2)6-7-10-8-11(13)15-12(3,4)14-10/h6-9H,5H2,1-4H3/b7-6+. The number of allylic oxidation sites excluding steroid dienone is 2. The SMILES string of the molecule is CCC(C)/C=C/C1=CC(=O)OC(C)(C)O1. The van der Waals surface area contributed by atoms with Gasteiger partial charge < -0.3 is 9.47 Å². The highest BCUT2D eigenvalue weighted by Gasteiger charge is 2.28. The van der Waals surface area contributed by atoms with Gasteiger partial charge in [-0.3, -0.25) is 0 Å². The van der Waals surface area contributed by atoms with Gasteiger partial charge >= 0.3 is 5.97 Å². The van der Waals surface area contributed by atoms with Gasteiger partial charge in [-0.1, -0.05) is 26.3 Å². The van der Waals surface area contributed by atoms with Crippen molar-refractivity contribution in [3.63, 3.8) is 0 Å². The van der Waals surface area contributed by atoms with Crippen LogP contribution >= 0.6 is 0 Å². The summed E-state index contributed by atoms with van der Waals surface area (Å²) in [7, 11) is 0. The number of ether oxygens (including phenoxy) is 2. The van der Waals surface area contributed by atoms with Gasteiger partial charge in [-0.05, 0) is 12.0 Å². The zero-order valence-electron chi connectivity index (χ0n) is 9.74. The number of carbonyl (C=O) groups is 1. The fourth-order valence-electron chi connectivity index (χ4n) is 1.20. The van der Waals surface area contributed by atoms with Gasteiger partial charge in [0, 0.05) is 13.8 Å². The van der Waals surface area contributed by atoms with Gasteiger partial charge in [0.2, 0.25) is 5.79 Å². The second-order valence-corrected chi connectivity index (χ2v) is 4.21. The van der Waals surface area contributed by atoms with Gasteiger partial charge in [0.15, 0.2) is 0 Å². The largest absolute Gasteiger partial charge is 0.453 e. The highest BCUT2D eigenvalue weighted by atomic mass is 16.7. The van der Waals surface area contributed by atoms with E-state index >= 15 is 0 Å². The molecule has 3 heteroatoms. The van der Waals surface area contributed by atoms with Gasteiger partial charge in [-0.2, -0.15) is 0 Å². The Hall–Kier alpha value is -1.25. The molecule has 0 aromatic rings. The Labute approximate surface area is 90.8 Å². The van der Waals surface area contributed by atoms with Crippen LogP contribution in [0.4, 0.5) is 0 Å². The van der Waals surface area contributed by atoms with Gasteiger partial charge in [-0.25, -0.2) is 4.79 Å². The third kappa shape index (κ3) is 3.78. The minimum Gasteiger partial charge on any atom is -0.453 e. The summed E-state index contributed by atoms with van der Waals surface area (Å²) in [6.07, 6.45) is 6.29. The van der Waals surface area contributed by atoms with Crippen molar-refractivity contribution in [2.45, 2.75) is 39.9 Å². The molecule has 1 heterocycles. The summed E-state index contributed by atoms with van der Waals surface area (Å²) in [6.45, 7) is 7.66. The highest BCUT2D eigenvalue weighted by Crippen LogP contribution is 2.22. The monoisotopic (exact) mass is 210 g/mol. The topological polar surface area (TPSA) is 35.5 Å². The summed E-state index contributed by atoms with van der Waals surface area (Å²) in [6, 6.07) is 0. The Morgan fingerprint density at radius 2 is 2.13 bits per heavy atom. The molecule has 1 aliphatic heterocycles. The van der Waals surface area contributed by atoms with Gasteiger partial charge in [0.1, 0.15) is 5.76 Å². The fraction of sp³-hybridized carbons (Fsp3) is 0.583. The second-order valence-electron chi connectivity index (χ2n) is 4.21. The molecule has 1 unspecified atom stereocenters. The number of hydrogen-bond acceptors (Lipinski definition) is 3. The number of rotatable bonds is 3. The van der Waals surface area contributed by atoms with Crippen LogP contribution in [0.3, 0.4) is 0 Å². The zero-order chi connectivity index (χ0) is 11.5. The Kier molecular flexibility index (Phi) is 3.56. The van der Waals surface area contributed by atoms with Gasteiger partial charge in [-0.15, -0.1) is 0 Å². The maximum atomic E-state index is 11.2. The van der Waals surface area contributed by atoms with E-state index in [0.717, 1.165) is 6.42 Å². The number of carbonyl (C=O) groups excluding carboxylic acids is 1. The van der Waals surface area contributed by atoms with E-state index in [1.54, 1.807) is 13.8 Å².